The molecule has 0 aliphatic rings. The Bertz CT molecular complexity index is 1760. The number of anilines is 1. The molecule has 4 rings (SSSR count). The highest BCUT2D eigenvalue weighted by Gasteiger charge is 2.35. The van der Waals surface area contributed by atoms with Crippen LogP contribution >= 0.6 is 11.6 Å². The number of esters is 1. The van der Waals surface area contributed by atoms with Crippen LogP contribution in [-0.4, -0.2) is 32.0 Å². The Hall–Kier alpha value is -4.29. The quantitative estimate of drug-likeness (QED) is 0.119. The molecule has 1 atom stereocenters. The molecule has 1 heterocycles. The zero-order chi connectivity index (χ0) is 28.5. The van der Waals surface area contributed by atoms with E-state index in [0.29, 0.717) is 16.5 Å². The number of fused-ring (bicyclic) bond motifs is 1. The van der Waals surface area contributed by atoms with Crippen LogP contribution < -0.4 is 9.93 Å². The van der Waals surface area contributed by atoms with Gasteiger partial charge in [0.2, 0.25) is 0 Å². The lowest BCUT2D eigenvalue weighted by Crippen LogP contribution is -2.44. The van der Waals surface area contributed by atoms with E-state index in [-0.39, 0.29) is 33.5 Å². The summed E-state index contributed by atoms with van der Waals surface area (Å²) in [5, 5.41) is 11.4. The molecule has 0 saturated heterocycles. The fraction of sp³-hybridized carbons (Fsp3) is 0.154. The molecule has 0 N–H and O–H groups in total. The first-order chi connectivity index (χ1) is 18.4. The highest BCUT2D eigenvalue weighted by atomic mass is 35.5. The van der Waals surface area contributed by atoms with Crippen molar-refractivity contribution >= 4 is 49.9 Å². The summed E-state index contributed by atoms with van der Waals surface area (Å²) < 4.78 is 52.2. The van der Waals surface area contributed by atoms with E-state index in [1.54, 1.807) is 6.92 Å². The van der Waals surface area contributed by atoms with Crippen molar-refractivity contribution in [3.63, 3.8) is 0 Å². The highest BCUT2D eigenvalue weighted by molar-refractivity contribution is 7.93. The Labute approximate surface area is 226 Å². The van der Waals surface area contributed by atoms with E-state index in [0.717, 1.165) is 34.6 Å². The van der Waals surface area contributed by atoms with E-state index in [4.69, 9.17) is 20.8 Å². The van der Waals surface area contributed by atoms with Crippen LogP contribution in [0.3, 0.4) is 0 Å². The van der Waals surface area contributed by atoms with E-state index >= 15 is 0 Å². The van der Waals surface area contributed by atoms with Crippen LogP contribution in [0.15, 0.2) is 80.8 Å². The van der Waals surface area contributed by atoms with Crippen molar-refractivity contribution in [1.29, 1.82) is 0 Å². The van der Waals surface area contributed by atoms with Gasteiger partial charge < -0.3 is 9.15 Å². The fourth-order valence-electron chi connectivity index (χ4n) is 4.00. The van der Waals surface area contributed by atoms with Gasteiger partial charge in [-0.2, -0.15) is 0 Å². The van der Waals surface area contributed by atoms with Crippen LogP contribution in [-0.2, 0) is 19.6 Å². The highest BCUT2D eigenvalue weighted by Crippen LogP contribution is 2.36. The molecule has 0 aliphatic carbocycles. The molecule has 39 heavy (non-hydrogen) atoms. The van der Waals surface area contributed by atoms with E-state index in [1.807, 2.05) is 0 Å². The molecule has 13 heteroatoms. The van der Waals surface area contributed by atoms with E-state index in [9.17, 15) is 32.5 Å². The zero-order valence-corrected chi connectivity index (χ0v) is 22.0. The minimum absolute atomic E-state index is 0.0109. The van der Waals surface area contributed by atoms with Crippen LogP contribution in [0.2, 0.25) is 5.02 Å². The Morgan fingerprint density at radius 2 is 1.79 bits per heavy atom. The number of hydrogen-bond acceptors (Lipinski definition) is 8. The number of ether oxygens (including phenoxy) is 1. The molecule has 1 aromatic heterocycles. The van der Waals surface area contributed by atoms with Gasteiger partial charge >= 0.3 is 11.6 Å². The molecule has 0 radical (unpaired) electrons. The van der Waals surface area contributed by atoms with Crippen molar-refractivity contribution < 1.29 is 31.7 Å². The van der Waals surface area contributed by atoms with Gasteiger partial charge in [0.15, 0.2) is 0 Å². The van der Waals surface area contributed by atoms with Gasteiger partial charge in [-0.3, -0.25) is 14.4 Å². The number of carbonyl (C=O) groups is 1. The largest absolute Gasteiger partial charge is 0.464 e. The first-order valence-corrected chi connectivity index (χ1v) is 13.2. The molecule has 0 saturated carbocycles. The molecule has 0 fully saturated rings. The van der Waals surface area contributed by atoms with Crippen molar-refractivity contribution in [3.8, 4) is 11.1 Å². The lowest BCUT2D eigenvalue weighted by Gasteiger charge is -2.29. The summed E-state index contributed by atoms with van der Waals surface area (Å²) in [5.74, 6) is -1.42. The summed E-state index contributed by atoms with van der Waals surface area (Å²) in [6, 6.07) is 11.7. The van der Waals surface area contributed by atoms with Crippen molar-refractivity contribution in [2.75, 3.05) is 10.9 Å². The third-order valence-corrected chi connectivity index (χ3v) is 8.01. The summed E-state index contributed by atoms with van der Waals surface area (Å²) in [4.78, 5) is 35.1. The van der Waals surface area contributed by atoms with Gasteiger partial charge in [-0.25, -0.2) is 22.4 Å². The SMILES string of the molecule is CCOC(=O)[C@@H](C)N(c1ccc2c(-c3ccc(F)cc3Cl)cc(=O)oc2c1)S(=O)(=O)c1ccc([N+](=O)[O-])cc1. The van der Waals surface area contributed by atoms with Gasteiger partial charge in [-0.15, -0.1) is 0 Å². The van der Waals surface area contributed by atoms with E-state index in [2.05, 4.69) is 0 Å². The maximum atomic E-state index is 13.7. The summed E-state index contributed by atoms with van der Waals surface area (Å²) in [6.07, 6.45) is 0. The lowest BCUT2D eigenvalue weighted by molar-refractivity contribution is -0.384. The second-order valence-electron chi connectivity index (χ2n) is 8.26. The number of nitrogens with zero attached hydrogens (tertiary/aromatic N) is 2. The van der Waals surface area contributed by atoms with Crippen LogP contribution in [0.5, 0.6) is 0 Å². The first kappa shape index (κ1) is 27.7. The molecular formula is C26H20ClFN2O8S. The molecule has 0 bridgehead atoms. The van der Waals surface area contributed by atoms with Crippen LogP contribution in [0, 0.1) is 15.9 Å². The number of rotatable bonds is 8. The predicted molar refractivity (Wildman–Crippen MR) is 142 cm³/mol. The average Bonchev–Trinajstić information content (AvgIpc) is 2.88. The number of hydrogen-bond donors (Lipinski definition) is 0. The fourth-order valence-corrected chi connectivity index (χ4v) is 5.87. The summed E-state index contributed by atoms with van der Waals surface area (Å²) in [6.45, 7) is 2.87. The third-order valence-electron chi connectivity index (χ3n) is 5.79. The number of benzene rings is 3. The molecule has 0 amide bonds. The van der Waals surface area contributed by atoms with Crippen molar-refractivity contribution in [2.45, 2.75) is 24.8 Å². The Balaban J connectivity index is 1.91. The van der Waals surface area contributed by atoms with Gasteiger partial charge in [0.1, 0.15) is 17.4 Å². The Morgan fingerprint density at radius 1 is 1.10 bits per heavy atom. The predicted octanol–water partition coefficient (Wildman–Crippen LogP) is 5.31. The molecule has 3 aromatic carbocycles. The van der Waals surface area contributed by atoms with Crippen LogP contribution in [0.1, 0.15) is 13.8 Å². The van der Waals surface area contributed by atoms with Crippen molar-refractivity contribution in [2.24, 2.45) is 0 Å². The molecule has 10 nitrogen and oxygen atoms in total. The summed E-state index contributed by atoms with van der Waals surface area (Å²) >= 11 is 6.21. The third kappa shape index (κ3) is 5.47. The van der Waals surface area contributed by atoms with Gasteiger partial charge in [0.25, 0.3) is 15.7 Å². The first-order valence-electron chi connectivity index (χ1n) is 11.4. The van der Waals surface area contributed by atoms with Crippen LogP contribution in [0.25, 0.3) is 22.1 Å². The minimum Gasteiger partial charge on any atom is -0.464 e. The standard InChI is InChI=1S/C26H20ClFN2O8S/c1-3-37-26(32)15(2)29(39(35,36)19-8-5-17(6-9-19)30(33)34)18-7-11-21-22(14-25(31)38-24(21)13-18)20-10-4-16(28)12-23(20)27/h4-15H,3H2,1-2H3/t15-/m1/s1. The van der Waals surface area contributed by atoms with E-state index in [1.165, 1.54) is 43.3 Å². The molecule has 202 valence electrons. The number of nitro benzene ring substituents is 1. The van der Waals surface area contributed by atoms with Gasteiger partial charge in [-0.1, -0.05) is 11.6 Å². The Morgan fingerprint density at radius 3 is 2.41 bits per heavy atom. The second-order valence-corrected chi connectivity index (χ2v) is 10.5. The van der Waals surface area contributed by atoms with Crippen molar-refractivity contribution in [1.82, 2.24) is 0 Å². The maximum absolute atomic E-state index is 13.7. The average molecular weight is 575 g/mol. The summed E-state index contributed by atoms with van der Waals surface area (Å²) in [7, 11) is -4.48. The number of sulfonamides is 1. The molecule has 0 aliphatic heterocycles. The number of non-ortho nitro benzene ring substituents is 1. The zero-order valence-electron chi connectivity index (χ0n) is 20.5. The maximum Gasteiger partial charge on any atom is 0.336 e. The Kier molecular flexibility index (Phi) is 7.70. The monoisotopic (exact) mass is 574 g/mol. The lowest BCUT2D eigenvalue weighted by atomic mass is 10.0. The second kappa shape index (κ2) is 10.8. The number of halogens is 2. The van der Waals surface area contributed by atoms with E-state index < -0.39 is 38.4 Å². The van der Waals surface area contributed by atoms with Gasteiger partial charge in [0.05, 0.1) is 27.1 Å². The topological polar surface area (TPSA) is 137 Å². The molecule has 0 spiro atoms. The normalized spacial score (nSPS) is 12.2. The number of nitro groups is 1. The summed E-state index contributed by atoms with van der Waals surface area (Å²) in [5.41, 5.74) is -0.515. The van der Waals surface area contributed by atoms with Crippen molar-refractivity contribution in [3.05, 3.63) is 98.1 Å². The van der Waals surface area contributed by atoms with Gasteiger partial charge in [-0.05, 0) is 56.3 Å². The minimum atomic E-state index is -4.48. The molecule has 4 aromatic rings. The smallest absolute Gasteiger partial charge is 0.336 e. The molecular weight excluding hydrogens is 555 g/mol. The van der Waals surface area contributed by atoms with Gasteiger partial charge in [0, 0.05) is 40.8 Å². The molecule has 0 unspecified atom stereocenters. The number of carbonyl (C=O) groups excluding carboxylic acids is 1. The van der Waals surface area contributed by atoms with Crippen LogP contribution in [0.4, 0.5) is 15.8 Å².